The molecular weight excluding hydrogens is 360 g/mol. The molecule has 1 unspecified atom stereocenters. The third-order valence-corrected chi connectivity index (χ3v) is 5.33. The van der Waals surface area contributed by atoms with Gasteiger partial charge in [0.2, 0.25) is 0 Å². The van der Waals surface area contributed by atoms with Gasteiger partial charge in [0.15, 0.2) is 0 Å². The number of rotatable bonds is 5. The number of hydrogen-bond acceptors (Lipinski definition) is 3. The highest BCUT2D eigenvalue weighted by atomic mass is 16.7. The standard InChI is InChI=1S/C26H24O3/c1-19-24(20-10-6-4-7-11-20)18-25(21-12-8-5-9-13-21)29-26(19,28-3)22-14-16-23(27-2)17-15-22/h4-18H,1-3H3. The van der Waals surface area contributed by atoms with Crippen LogP contribution in [0.2, 0.25) is 0 Å². The van der Waals surface area contributed by atoms with Crippen molar-refractivity contribution in [3.63, 3.8) is 0 Å². The van der Waals surface area contributed by atoms with E-state index in [9.17, 15) is 0 Å². The predicted molar refractivity (Wildman–Crippen MR) is 116 cm³/mol. The summed E-state index contributed by atoms with van der Waals surface area (Å²) >= 11 is 0. The highest BCUT2D eigenvalue weighted by molar-refractivity contribution is 5.86. The second-order valence-corrected chi connectivity index (χ2v) is 6.93. The molecule has 0 aliphatic carbocycles. The van der Waals surface area contributed by atoms with Gasteiger partial charge in [0, 0.05) is 23.8 Å². The van der Waals surface area contributed by atoms with Gasteiger partial charge in [-0.25, -0.2) is 0 Å². The van der Waals surface area contributed by atoms with Gasteiger partial charge in [-0.2, -0.15) is 0 Å². The van der Waals surface area contributed by atoms with Crippen LogP contribution in [0.3, 0.4) is 0 Å². The third-order valence-electron chi connectivity index (χ3n) is 5.33. The summed E-state index contributed by atoms with van der Waals surface area (Å²) in [5.41, 5.74) is 5.12. The van der Waals surface area contributed by atoms with Crippen molar-refractivity contribution in [3.8, 4) is 5.75 Å². The van der Waals surface area contributed by atoms with Gasteiger partial charge in [-0.05, 0) is 48.4 Å². The van der Waals surface area contributed by atoms with Crippen LogP contribution < -0.4 is 4.74 Å². The maximum atomic E-state index is 6.57. The zero-order valence-electron chi connectivity index (χ0n) is 16.9. The maximum Gasteiger partial charge on any atom is 0.260 e. The van der Waals surface area contributed by atoms with Crippen molar-refractivity contribution in [2.45, 2.75) is 12.7 Å². The third kappa shape index (κ3) is 3.45. The van der Waals surface area contributed by atoms with Gasteiger partial charge in [-0.1, -0.05) is 60.7 Å². The molecule has 0 aromatic heterocycles. The molecule has 1 aliphatic rings. The van der Waals surface area contributed by atoms with Crippen LogP contribution in [0.4, 0.5) is 0 Å². The number of ether oxygens (including phenoxy) is 3. The molecule has 3 aromatic carbocycles. The molecule has 0 bridgehead atoms. The summed E-state index contributed by atoms with van der Waals surface area (Å²) < 4.78 is 18.0. The summed E-state index contributed by atoms with van der Waals surface area (Å²) in [6.07, 6.45) is 2.10. The number of allylic oxidation sites excluding steroid dienone is 2. The largest absolute Gasteiger partial charge is 0.497 e. The minimum atomic E-state index is -1.03. The molecule has 3 heteroatoms. The van der Waals surface area contributed by atoms with Crippen molar-refractivity contribution in [2.75, 3.05) is 14.2 Å². The molecule has 146 valence electrons. The van der Waals surface area contributed by atoms with Crippen LogP contribution in [0.25, 0.3) is 11.3 Å². The van der Waals surface area contributed by atoms with Crippen molar-refractivity contribution in [3.05, 3.63) is 113 Å². The second-order valence-electron chi connectivity index (χ2n) is 6.93. The van der Waals surface area contributed by atoms with Gasteiger partial charge in [0.25, 0.3) is 5.79 Å². The summed E-state index contributed by atoms with van der Waals surface area (Å²) in [5, 5.41) is 0. The lowest BCUT2D eigenvalue weighted by molar-refractivity contribution is -0.160. The molecule has 0 amide bonds. The highest BCUT2D eigenvalue weighted by Crippen LogP contribution is 2.46. The van der Waals surface area contributed by atoms with Gasteiger partial charge < -0.3 is 14.2 Å². The molecule has 1 atom stereocenters. The van der Waals surface area contributed by atoms with Crippen LogP contribution in [0, 0.1) is 0 Å². The molecule has 1 aliphatic heterocycles. The smallest absolute Gasteiger partial charge is 0.260 e. The Bertz CT molecular complexity index is 1030. The van der Waals surface area contributed by atoms with Crippen molar-refractivity contribution in [1.82, 2.24) is 0 Å². The lowest BCUT2D eigenvalue weighted by Gasteiger charge is -2.39. The molecule has 3 nitrogen and oxygen atoms in total. The molecule has 0 N–H and O–H groups in total. The maximum absolute atomic E-state index is 6.57. The zero-order valence-corrected chi connectivity index (χ0v) is 16.9. The normalized spacial score (nSPS) is 18.8. The van der Waals surface area contributed by atoms with Crippen LogP contribution in [-0.4, -0.2) is 14.2 Å². The van der Waals surface area contributed by atoms with Gasteiger partial charge in [-0.3, -0.25) is 0 Å². The average Bonchev–Trinajstić information content (AvgIpc) is 2.80. The Morgan fingerprint density at radius 1 is 0.724 bits per heavy atom. The van der Waals surface area contributed by atoms with Crippen LogP contribution in [-0.2, 0) is 15.3 Å². The Kier molecular flexibility index (Phi) is 5.24. The fourth-order valence-electron chi connectivity index (χ4n) is 3.74. The molecule has 1 heterocycles. The van der Waals surface area contributed by atoms with Crippen molar-refractivity contribution in [2.24, 2.45) is 0 Å². The lowest BCUT2D eigenvalue weighted by atomic mass is 9.87. The Morgan fingerprint density at radius 2 is 1.31 bits per heavy atom. The monoisotopic (exact) mass is 384 g/mol. The van der Waals surface area contributed by atoms with E-state index in [0.29, 0.717) is 0 Å². The first kappa shape index (κ1) is 19.0. The van der Waals surface area contributed by atoms with E-state index in [-0.39, 0.29) is 0 Å². The van der Waals surface area contributed by atoms with E-state index < -0.39 is 5.79 Å². The van der Waals surface area contributed by atoms with Crippen LogP contribution in [0.1, 0.15) is 23.6 Å². The Hall–Kier alpha value is -3.30. The first-order chi connectivity index (χ1) is 14.2. The molecule has 0 spiro atoms. The molecule has 0 radical (unpaired) electrons. The van der Waals surface area contributed by atoms with Crippen molar-refractivity contribution >= 4 is 11.3 Å². The Labute approximate surface area is 171 Å². The van der Waals surface area contributed by atoms with Crippen LogP contribution in [0.5, 0.6) is 5.75 Å². The summed E-state index contributed by atoms with van der Waals surface area (Å²) in [7, 11) is 3.34. The van der Waals surface area contributed by atoms with Crippen LogP contribution in [0.15, 0.2) is 96.6 Å². The average molecular weight is 384 g/mol. The fourth-order valence-corrected chi connectivity index (χ4v) is 3.74. The molecule has 4 rings (SSSR count). The second kappa shape index (κ2) is 7.98. The van der Waals surface area contributed by atoms with Gasteiger partial charge in [0.1, 0.15) is 11.5 Å². The number of methoxy groups -OCH3 is 2. The quantitative estimate of drug-likeness (QED) is 0.537. The van der Waals surface area contributed by atoms with Gasteiger partial charge in [0.05, 0.1) is 7.11 Å². The van der Waals surface area contributed by atoms with E-state index in [1.165, 1.54) is 0 Å². The SMILES string of the molecule is COc1ccc(C2(OC)OC(c3ccccc3)=CC(c3ccccc3)=C2C)cc1. The number of benzene rings is 3. The Balaban J connectivity index is 1.92. The molecular formula is C26H24O3. The lowest BCUT2D eigenvalue weighted by Crippen LogP contribution is -2.35. The van der Waals surface area contributed by atoms with E-state index in [1.807, 2.05) is 72.8 Å². The molecule has 3 aromatic rings. The summed E-state index contributed by atoms with van der Waals surface area (Å²) in [5.74, 6) is 0.532. The molecule has 0 saturated heterocycles. The first-order valence-electron chi connectivity index (χ1n) is 9.60. The highest BCUT2D eigenvalue weighted by Gasteiger charge is 2.42. The van der Waals surface area contributed by atoms with E-state index in [2.05, 4.69) is 25.1 Å². The van der Waals surface area contributed by atoms with E-state index in [4.69, 9.17) is 14.2 Å². The molecule has 29 heavy (non-hydrogen) atoms. The predicted octanol–water partition coefficient (Wildman–Crippen LogP) is 6.04. The minimum absolute atomic E-state index is 0.771. The minimum Gasteiger partial charge on any atom is -0.497 e. The molecule has 0 saturated carbocycles. The molecule has 0 fully saturated rings. The topological polar surface area (TPSA) is 27.7 Å². The summed E-state index contributed by atoms with van der Waals surface area (Å²) in [6, 6.07) is 28.3. The van der Waals surface area contributed by atoms with E-state index >= 15 is 0 Å². The fraction of sp³-hybridized carbons (Fsp3) is 0.154. The number of hydrogen-bond donors (Lipinski definition) is 0. The zero-order chi connectivity index (χ0) is 20.3. The van der Waals surface area contributed by atoms with Gasteiger partial charge >= 0.3 is 0 Å². The van der Waals surface area contributed by atoms with E-state index in [0.717, 1.165) is 39.3 Å². The first-order valence-corrected chi connectivity index (χ1v) is 9.60. The van der Waals surface area contributed by atoms with Gasteiger partial charge in [-0.15, -0.1) is 0 Å². The van der Waals surface area contributed by atoms with Crippen molar-refractivity contribution in [1.29, 1.82) is 0 Å². The van der Waals surface area contributed by atoms with E-state index in [1.54, 1.807) is 14.2 Å². The summed E-state index contributed by atoms with van der Waals surface area (Å²) in [6.45, 7) is 2.06. The van der Waals surface area contributed by atoms with Crippen molar-refractivity contribution < 1.29 is 14.2 Å². The Morgan fingerprint density at radius 3 is 1.86 bits per heavy atom. The summed E-state index contributed by atoms with van der Waals surface area (Å²) in [4.78, 5) is 0. The van der Waals surface area contributed by atoms with Crippen LogP contribution >= 0.6 is 0 Å².